The molecule has 1 aliphatic rings. The maximum atomic E-state index is 5.50. The molecule has 0 amide bonds. The summed E-state index contributed by atoms with van der Waals surface area (Å²) in [6.07, 6.45) is 1.02. The maximum Gasteiger partial charge on any atom is 0.122 e. The molecule has 2 aromatic rings. The number of benzene rings is 2. The van der Waals surface area contributed by atoms with Crippen molar-refractivity contribution in [2.24, 2.45) is 0 Å². The van der Waals surface area contributed by atoms with Crippen molar-refractivity contribution in [3.8, 4) is 16.9 Å². The topological polar surface area (TPSA) is 9.23 Å². The number of halogens is 1. The normalized spacial score (nSPS) is 13.3. The first-order chi connectivity index (χ1) is 7.83. The van der Waals surface area contributed by atoms with Gasteiger partial charge in [-0.3, -0.25) is 0 Å². The van der Waals surface area contributed by atoms with Gasteiger partial charge >= 0.3 is 0 Å². The van der Waals surface area contributed by atoms with Gasteiger partial charge in [0.05, 0.1) is 6.61 Å². The third-order valence-electron chi connectivity index (χ3n) is 2.85. The van der Waals surface area contributed by atoms with Crippen LogP contribution in [-0.2, 0) is 6.42 Å². The lowest BCUT2D eigenvalue weighted by molar-refractivity contribution is 0.357. The first kappa shape index (κ1) is 9.91. The largest absolute Gasteiger partial charge is 0.493 e. The van der Waals surface area contributed by atoms with E-state index in [1.54, 1.807) is 0 Å². The van der Waals surface area contributed by atoms with Gasteiger partial charge in [-0.15, -0.1) is 0 Å². The van der Waals surface area contributed by atoms with Gasteiger partial charge in [-0.05, 0) is 41.0 Å². The molecule has 80 valence electrons. The molecule has 0 aliphatic carbocycles. The van der Waals surface area contributed by atoms with E-state index in [2.05, 4.69) is 52.3 Å². The third kappa shape index (κ3) is 1.74. The molecule has 1 heterocycles. The molecule has 0 radical (unpaired) electrons. The number of ether oxygens (including phenoxy) is 1. The molecule has 0 unspecified atom stereocenters. The Morgan fingerprint density at radius 3 is 2.75 bits per heavy atom. The zero-order chi connectivity index (χ0) is 11.0. The van der Waals surface area contributed by atoms with Crippen molar-refractivity contribution in [3.05, 3.63) is 52.5 Å². The van der Waals surface area contributed by atoms with E-state index in [0.29, 0.717) is 0 Å². The minimum Gasteiger partial charge on any atom is -0.493 e. The minimum absolute atomic E-state index is 0.817. The van der Waals surface area contributed by atoms with Crippen LogP contribution in [0.3, 0.4) is 0 Å². The van der Waals surface area contributed by atoms with Crippen LogP contribution >= 0.6 is 15.9 Å². The molecule has 0 aromatic heterocycles. The van der Waals surface area contributed by atoms with Crippen LogP contribution < -0.4 is 4.74 Å². The second kappa shape index (κ2) is 3.95. The maximum absolute atomic E-state index is 5.50. The van der Waals surface area contributed by atoms with Crippen molar-refractivity contribution in [2.45, 2.75) is 6.42 Å². The Morgan fingerprint density at radius 1 is 1.00 bits per heavy atom. The average Bonchev–Trinajstić information content (AvgIpc) is 2.75. The van der Waals surface area contributed by atoms with Gasteiger partial charge in [-0.2, -0.15) is 0 Å². The van der Waals surface area contributed by atoms with Crippen LogP contribution in [0, 0.1) is 0 Å². The van der Waals surface area contributed by atoms with Crippen molar-refractivity contribution in [3.63, 3.8) is 0 Å². The van der Waals surface area contributed by atoms with Gasteiger partial charge < -0.3 is 4.74 Å². The van der Waals surface area contributed by atoms with Crippen molar-refractivity contribution >= 4 is 15.9 Å². The van der Waals surface area contributed by atoms with Crippen LogP contribution in [0.5, 0.6) is 5.75 Å². The molecule has 1 nitrogen and oxygen atoms in total. The Kier molecular flexibility index (Phi) is 2.44. The van der Waals surface area contributed by atoms with Crippen LogP contribution in [0.15, 0.2) is 46.9 Å². The Labute approximate surface area is 103 Å². The lowest BCUT2D eigenvalue weighted by Crippen LogP contribution is -1.85. The van der Waals surface area contributed by atoms with E-state index in [1.807, 2.05) is 6.07 Å². The molecule has 0 spiro atoms. The first-order valence-corrected chi connectivity index (χ1v) is 6.14. The highest BCUT2D eigenvalue weighted by Crippen LogP contribution is 2.31. The monoisotopic (exact) mass is 274 g/mol. The molecule has 0 fully saturated rings. The summed E-state index contributed by atoms with van der Waals surface area (Å²) >= 11 is 3.50. The molecule has 2 aromatic carbocycles. The molecule has 0 saturated carbocycles. The summed E-state index contributed by atoms with van der Waals surface area (Å²) in [5.41, 5.74) is 3.81. The van der Waals surface area contributed by atoms with E-state index >= 15 is 0 Å². The fourth-order valence-electron chi connectivity index (χ4n) is 2.03. The van der Waals surface area contributed by atoms with E-state index in [0.717, 1.165) is 23.2 Å². The third-order valence-corrected chi connectivity index (χ3v) is 3.34. The average molecular weight is 275 g/mol. The summed E-state index contributed by atoms with van der Waals surface area (Å²) in [5, 5.41) is 0. The molecular weight excluding hydrogens is 264 g/mol. The summed E-state index contributed by atoms with van der Waals surface area (Å²) in [6.45, 7) is 0.817. The van der Waals surface area contributed by atoms with E-state index in [1.165, 1.54) is 16.7 Å². The van der Waals surface area contributed by atoms with Crippen LogP contribution in [-0.4, -0.2) is 6.61 Å². The fourth-order valence-corrected chi connectivity index (χ4v) is 2.43. The highest BCUT2D eigenvalue weighted by atomic mass is 79.9. The van der Waals surface area contributed by atoms with Crippen molar-refractivity contribution < 1.29 is 4.74 Å². The molecule has 0 N–H and O–H groups in total. The standard InChI is InChI=1S/C14H11BrO/c15-13-3-1-2-10(9-13)11-4-5-14-12(8-11)6-7-16-14/h1-5,8-9H,6-7H2. The molecule has 1 aliphatic heterocycles. The van der Waals surface area contributed by atoms with Gasteiger partial charge in [0.25, 0.3) is 0 Å². The molecule has 3 rings (SSSR count). The predicted molar refractivity (Wildman–Crippen MR) is 68.8 cm³/mol. The zero-order valence-electron chi connectivity index (χ0n) is 8.74. The van der Waals surface area contributed by atoms with Crippen molar-refractivity contribution in [1.29, 1.82) is 0 Å². The highest BCUT2D eigenvalue weighted by molar-refractivity contribution is 9.10. The molecule has 0 bridgehead atoms. The molecule has 16 heavy (non-hydrogen) atoms. The number of hydrogen-bond donors (Lipinski definition) is 0. The Balaban J connectivity index is 2.07. The van der Waals surface area contributed by atoms with Gasteiger partial charge in [-0.25, -0.2) is 0 Å². The quantitative estimate of drug-likeness (QED) is 0.762. The number of rotatable bonds is 1. The molecule has 2 heteroatoms. The summed E-state index contributed by atoms with van der Waals surface area (Å²) in [5.74, 6) is 1.04. The van der Waals surface area contributed by atoms with Gasteiger partial charge in [-0.1, -0.05) is 34.1 Å². The minimum atomic E-state index is 0.817. The number of hydrogen-bond acceptors (Lipinski definition) is 1. The molecule has 0 saturated heterocycles. The second-order valence-electron chi connectivity index (χ2n) is 3.93. The second-order valence-corrected chi connectivity index (χ2v) is 4.85. The lowest BCUT2D eigenvalue weighted by atomic mass is 10.0. The van der Waals surface area contributed by atoms with Crippen LogP contribution in [0.2, 0.25) is 0 Å². The van der Waals surface area contributed by atoms with E-state index in [9.17, 15) is 0 Å². The van der Waals surface area contributed by atoms with Gasteiger partial charge in [0.15, 0.2) is 0 Å². The van der Waals surface area contributed by atoms with Crippen LogP contribution in [0.25, 0.3) is 11.1 Å². The van der Waals surface area contributed by atoms with Crippen molar-refractivity contribution in [2.75, 3.05) is 6.61 Å². The fraction of sp³-hybridized carbons (Fsp3) is 0.143. The summed E-state index contributed by atoms with van der Waals surface area (Å²) in [7, 11) is 0. The van der Waals surface area contributed by atoms with Gasteiger partial charge in [0.2, 0.25) is 0 Å². The highest BCUT2D eigenvalue weighted by Gasteiger charge is 2.12. The van der Waals surface area contributed by atoms with Crippen LogP contribution in [0.4, 0.5) is 0 Å². The summed E-state index contributed by atoms with van der Waals surface area (Å²) in [6, 6.07) is 14.8. The SMILES string of the molecule is Brc1cccc(-c2ccc3c(c2)CCO3)c1. The van der Waals surface area contributed by atoms with E-state index < -0.39 is 0 Å². The Hall–Kier alpha value is -1.28. The van der Waals surface area contributed by atoms with Crippen molar-refractivity contribution in [1.82, 2.24) is 0 Å². The van der Waals surface area contributed by atoms with Crippen LogP contribution in [0.1, 0.15) is 5.56 Å². The lowest BCUT2D eigenvalue weighted by Gasteiger charge is -2.04. The smallest absolute Gasteiger partial charge is 0.122 e. The first-order valence-electron chi connectivity index (χ1n) is 5.34. The predicted octanol–water partition coefficient (Wildman–Crippen LogP) is 4.05. The number of fused-ring (bicyclic) bond motifs is 1. The zero-order valence-corrected chi connectivity index (χ0v) is 10.3. The van der Waals surface area contributed by atoms with E-state index in [-0.39, 0.29) is 0 Å². The molecule has 0 atom stereocenters. The summed E-state index contributed by atoms with van der Waals surface area (Å²) < 4.78 is 6.62. The van der Waals surface area contributed by atoms with Gasteiger partial charge in [0.1, 0.15) is 5.75 Å². The summed E-state index contributed by atoms with van der Waals surface area (Å²) in [4.78, 5) is 0. The Morgan fingerprint density at radius 2 is 1.88 bits per heavy atom. The Bertz CT molecular complexity index is 534. The van der Waals surface area contributed by atoms with Gasteiger partial charge in [0, 0.05) is 10.9 Å². The molecular formula is C14H11BrO. The van der Waals surface area contributed by atoms with E-state index in [4.69, 9.17) is 4.74 Å².